The molecule has 0 unspecified atom stereocenters. The van der Waals surface area contributed by atoms with Crippen LogP contribution >= 0.6 is 0 Å². The van der Waals surface area contributed by atoms with E-state index in [4.69, 9.17) is 4.74 Å². The first-order valence-corrected chi connectivity index (χ1v) is 9.23. The van der Waals surface area contributed by atoms with Crippen LogP contribution in [0.1, 0.15) is 50.2 Å². The molecule has 1 fully saturated rings. The van der Waals surface area contributed by atoms with Crippen molar-refractivity contribution in [2.45, 2.75) is 38.8 Å². The van der Waals surface area contributed by atoms with Crippen molar-refractivity contribution in [3.05, 3.63) is 54.0 Å². The van der Waals surface area contributed by atoms with Crippen LogP contribution < -0.4 is 10.2 Å². The Kier molecular flexibility index (Phi) is 6.17. The third-order valence-electron chi connectivity index (χ3n) is 4.49. The maximum Gasteiger partial charge on any atom is 0.306 e. The van der Waals surface area contributed by atoms with Gasteiger partial charge in [-0.05, 0) is 25.0 Å². The highest BCUT2D eigenvalue weighted by Gasteiger charge is 2.23. The van der Waals surface area contributed by atoms with Crippen LogP contribution in [0.15, 0.2) is 42.6 Å². The summed E-state index contributed by atoms with van der Waals surface area (Å²) in [5.74, 6) is 1.21. The van der Waals surface area contributed by atoms with Crippen molar-refractivity contribution in [3.63, 3.8) is 0 Å². The number of benzene rings is 1. The zero-order chi connectivity index (χ0) is 18.4. The average molecular weight is 354 g/mol. The second-order valence-corrected chi connectivity index (χ2v) is 6.52. The van der Waals surface area contributed by atoms with Crippen LogP contribution in [0.2, 0.25) is 0 Å². The molecule has 138 valence electrons. The number of hydrogen-bond donors (Lipinski definition) is 1. The van der Waals surface area contributed by atoms with Gasteiger partial charge in [-0.2, -0.15) is 0 Å². The minimum Gasteiger partial charge on any atom is -0.454 e. The van der Waals surface area contributed by atoms with E-state index in [0.29, 0.717) is 12.2 Å². The summed E-state index contributed by atoms with van der Waals surface area (Å²) in [6.45, 7) is 6.38. The molecule has 6 nitrogen and oxygen atoms in total. The fourth-order valence-corrected chi connectivity index (χ4v) is 3.12. The molecule has 26 heavy (non-hydrogen) atoms. The maximum atomic E-state index is 11.7. The topological polar surface area (TPSA) is 67.3 Å². The van der Waals surface area contributed by atoms with Gasteiger partial charge in [-0.1, -0.05) is 37.3 Å². The van der Waals surface area contributed by atoms with Crippen molar-refractivity contribution in [2.75, 3.05) is 24.5 Å². The fourth-order valence-electron chi connectivity index (χ4n) is 3.12. The minimum absolute atomic E-state index is 0.208. The van der Waals surface area contributed by atoms with E-state index in [1.54, 1.807) is 6.20 Å². The molecule has 1 N–H and O–H groups in total. The first-order chi connectivity index (χ1) is 12.7. The quantitative estimate of drug-likeness (QED) is 0.804. The highest BCUT2D eigenvalue weighted by Crippen LogP contribution is 2.22. The third-order valence-corrected chi connectivity index (χ3v) is 4.49. The number of ether oxygens (including phenoxy) is 1. The fraction of sp³-hybridized carbons (Fsp3) is 0.450. The van der Waals surface area contributed by atoms with Crippen molar-refractivity contribution in [2.24, 2.45) is 0 Å². The van der Waals surface area contributed by atoms with Crippen LogP contribution in [-0.2, 0) is 9.53 Å². The Morgan fingerprint density at radius 3 is 2.92 bits per heavy atom. The molecule has 1 aliphatic rings. The number of nitrogens with one attached hydrogen (secondary N) is 1. The lowest BCUT2D eigenvalue weighted by Gasteiger charge is -2.35. The molecule has 2 aromatic rings. The van der Waals surface area contributed by atoms with Crippen LogP contribution in [0.4, 0.5) is 5.82 Å². The molecule has 1 aliphatic heterocycles. The number of aromatic nitrogens is 2. The summed E-state index contributed by atoms with van der Waals surface area (Å²) in [6, 6.07) is 12.6. The molecule has 0 amide bonds. The number of rotatable bonds is 6. The standard InChI is InChI=1S/C20H26N4O2/c1-3-7-19(25)26-15(2)20-22-11-10-18(23-20)24-13-12-21-17(14-24)16-8-5-4-6-9-16/h4-6,8-11,15,17,21H,3,7,12-14H2,1-2H3/t15-,17+/m1/s1. The van der Waals surface area contributed by atoms with Crippen LogP contribution in [0.5, 0.6) is 0 Å². The lowest BCUT2D eigenvalue weighted by atomic mass is 10.0. The summed E-state index contributed by atoms with van der Waals surface area (Å²) in [5, 5.41) is 3.56. The van der Waals surface area contributed by atoms with Gasteiger partial charge in [-0.15, -0.1) is 0 Å². The summed E-state index contributed by atoms with van der Waals surface area (Å²) >= 11 is 0. The van der Waals surface area contributed by atoms with E-state index in [1.165, 1.54) is 5.56 Å². The molecule has 3 rings (SSSR count). The van der Waals surface area contributed by atoms with Gasteiger partial charge in [0.05, 0.1) is 0 Å². The van der Waals surface area contributed by atoms with Crippen molar-refractivity contribution in [1.82, 2.24) is 15.3 Å². The zero-order valence-corrected chi connectivity index (χ0v) is 15.4. The second kappa shape index (κ2) is 8.76. The summed E-state index contributed by atoms with van der Waals surface area (Å²) < 4.78 is 5.41. The van der Waals surface area contributed by atoms with Crippen molar-refractivity contribution in [1.29, 1.82) is 0 Å². The molecule has 0 spiro atoms. The summed E-state index contributed by atoms with van der Waals surface area (Å²) in [5.41, 5.74) is 1.27. The number of anilines is 1. The van der Waals surface area contributed by atoms with Gasteiger partial charge < -0.3 is 15.0 Å². The Morgan fingerprint density at radius 2 is 2.15 bits per heavy atom. The van der Waals surface area contributed by atoms with Crippen LogP contribution in [0.3, 0.4) is 0 Å². The molecule has 1 aromatic heterocycles. The van der Waals surface area contributed by atoms with E-state index in [1.807, 2.05) is 26.0 Å². The van der Waals surface area contributed by atoms with Crippen LogP contribution in [0, 0.1) is 0 Å². The van der Waals surface area contributed by atoms with Crippen LogP contribution in [0.25, 0.3) is 0 Å². The number of piperazine rings is 1. The Labute approximate surface area is 154 Å². The van der Waals surface area contributed by atoms with E-state index in [9.17, 15) is 4.79 Å². The summed E-state index contributed by atoms with van der Waals surface area (Å²) in [4.78, 5) is 22.9. The minimum atomic E-state index is -0.443. The Balaban J connectivity index is 1.70. The molecule has 2 heterocycles. The van der Waals surface area contributed by atoms with E-state index in [2.05, 4.69) is 44.5 Å². The highest BCUT2D eigenvalue weighted by atomic mass is 16.5. The maximum absolute atomic E-state index is 11.7. The molecule has 0 saturated carbocycles. The van der Waals surface area contributed by atoms with Gasteiger partial charge in [0, 0.05) is 38.3 Å². The molecule has 2 atom stereocenters. The smallest absolute Gasteiger partial charge is 0.306 e. The summed E-state index contributed by atoms with van der Waals surface area (Å²) in [7, 11) is 0. The Morgan fingerprint density at radius 1 is 1.35 bits per heavy atom. The van der Waals surface area contributed by atoms with Gasteiger partial charge in [-0.25, -0.2) is 9.97 Å². The van der Waals surface area contributed by atoms with Gasteiger partial charge in [0.1, 0.15) is 5.82 Å². The van der Waals surface area contributed by atoms with E-state index in [-0.39, 0.29) is 12.0 Å². The highest BCUT2D eigenvalue weighted by molar-refractivity contribution is 5.69. The van der Waals surface area contributed by atoms with E-state index < -0.39 is 6.10 Å². The van der Waals surface area contributed by atoms with Crippen molar-refractivity contribution < 1.29 is 9.53 Å². The van der Waals surface area contributed by atoms with E-state index >= 15 is 0 Å². The molecular formula is C20H26N4O2. The monoisotopic (exact) mass is 354 g/mol. The second-order valence-electron chi connectivity index (χ2n) is 6.52. The molecular weight excluding hydrogens is 328 g/mol. The number of carbonyl (C=O) groups excluding carboxylic acids is 1. The largest absolute Gasteiger partial charge is 0.454 e. The van der Waals surface area contributed by atoms with Gasteiger partial charge in [0.15, 0.2) is 11.9 Å². The predicted molar refractivity (Wildman–Crippen MR) is 101 cm³/mol. The first kappa shape index (κ1) is 18.3. The average Bonchev–Trinajstić information content (AvgIpc) is 2.69. The Bertz CT molecular complexity index is 723. The third kappa shape index (κ3) is 4.58. The summed E-state index contributed by atoms with van der Waals surface area (Å²) in [6.07, 6.45) is 2.48. The SMILES string of the molecule is CCCC(=O)O[C@H](C)c1nccc(N2CCN[C@H](c3ccccc3)C2)n1. The number of nitrogens with zero attached hydrogens (tertiary/aromatic N) is 3. The van der Waals surface area contributed by atoms with Crippen molar-refractivity contribution >= 4 is 11.8 Å². The normalized spacial score (nSPS) is 18.4. The number of carbonyl (C=O) groups is 1. The number of hydrogen-bond acceptors (Lipinski definition) is 6. The predicted octanol–water partition coefficient (Wildman–Crippen LogP) is 3.03. The van der Waals surface area contributed by atoms with Crippen LogP contribution in [-0.4, -0.2) is 35.6 Å². The molecule has 0 aliphatic carbocycles. The van der Waals surface area contributed by atoms with Crippen molar-refractivity contribution in [3.8, 4) is 0 Å². The van der Waals surface area contributed by atoms with Gasteiger partial charge in [0.2, 0.25) is 0 Å². The Hall–Kier alpha value is -2.47. The first-order valence-electron chi connectivity index (χ1n) is 9.23. The van der Waals surface area contributed by atoms with Gasteiger partial charge in [-0.3, -0.25) is 4.79 Å². The lowest BCUT2D eigenvalue weighted by Crippen LogP contribution is -2.46. The molecule has 6 heteroatoms. The molecule has 0 radical (unpaired) electrons. The van der Waals surface area contributed by atoms with E-state index in [0.717, 1.165) is 31.9 Å². The molecule has 1 aromatic carbocycles. The van der Waals surface area contributed by atoms with Gasteiger partial charge >= 0.3 is 5.97 Å². The zero-order valence-electron chi connectivity index (χ0n) is 15.4. The van der Waals surface area contributed by atoms with Gasteiger partial charge in [0.25, 0.3) is 0 Å². The lowest BCUT2D eigenvalue weighted by molar-refractivity contribution is -0.149. The molecule has 1 saturated heterocycles. The molecule has 0 bridgehead atoms. The number of esters is 1.